The Morgan fingerprint density at radius 1 is 1.33 bits per heavy atom. The Bertz CT molecular complexity index is 488. The highest BCUT2D eigenvalue weighted by Crippen LogP contribution is 2.16. The van der Waals surface area contributed by atoms with Crippen molar-refractivity contribution in [2.24, 2.45) is 0 Å². The van der Waals surface area contributed by atoms with Gasteiger partial charge in [-0.25, -0.2) is 0 Å². The van der Waals surface area contributed by atoms with E-state index in [0.29, 0.717) is 6.61 Å². The van der Waals surface area contributed by atoms with Crippen molar-refractivity contribution in [3.05, 3.63) is 42.1 Å². The summed E-state index contributed by atoms with van der Waals surface area (Å²) < 4.78 is 5.18. The van der Waals surface area contributed by atoms with Crippen LogP contribution in [-0.4, -0.2) is 17.5 Å². The van der Waals surface area contributed by atoms with E-state index < -0.39 is 0 Å². The summed E-state index contributed by atoms with van der Waals surface area (Å²) in [5.74, 6) is 0.182. The van der Waals surface area contributed by atoms with Crippen molar-refractivity contribution in [1.29, 1.82) is 5.41 Å². The largest absolute Gasteiger partial charge is 0.478 e. The molecule has 3 nitrogen and oxygen atoms in total. The lowest BCUT2D eigenvalue weighted by molar-refractivity contribution is 0.326. The lowest BCUT2D eigenvalue weighted by Crippen LogP contribution is -2.05. The van der Waals surface area contributed by atoms with Gasteiger partial charge in [-0.1, -0.05) is 18.2 Å². The van der Waals surface area contributed by atoms with Gasteiger partial charge in [0, 0.05) is 11.6 Å². The van der Waals surface area contributed by atoms with Gasteiger partial charge in [0.2, 0.25) is 5.90 Å². The van der Waals surface area contributed by atoms with Gasteiger partial charge in [-0.05, 0) is 19.1 Å². The van der Waals surface area contributed by atoms with E-state index in [4.69, 9.17) is 10.1 Å². The van der Waals surface area contributed by atoms with E-state index in [2.05, 4.69) is 4.98 Å². The van der Waals surface area contributed by atoms with Crippen LogP contribution >= 0.6 is 0 Å². The monoisotopic (exact) mass is 200 g/mol. The topological polar surface area (TPSA) is 46.0 Å². The first-order chi connectivity index (χ1) is 7.33. The van der Waals surface area contributed by atoms with Crippen LogP contribution in [0, 0.1) is 5.41 Å². The summed E-state index contributed by atoms with van der Waals surface area (Å²) in [7, 11) is 0. The molecule has 0 saturated heterocycles. The molecular weight excluding hydrogens is 188 g/mol. The summed E-state index contributed by atoms with van der Waals surface area (Å²) in [5, 5.41) is 8.78. The molecule has 1 aromatic heterocycles. The zero-order valence-corrected chi connectivity index (χ0v) is 8.53. The second-order valence-corrected chi connectivity index (χ2v) is 3.14. The number of hydrogen-bond donors (Lipinski definition) is 1. The molecule has 0 unspecified atom stereocenters. The molecule has 0 amide bonds. The van der Waals surface area contributed by atoms with Gasteiger partial charge in [-0.15, -0.1) is 0 Å². The number of fused-ring (bicyclic) bond motifs is 1. The molecule has 0 fully saturated rings. The first-order valence-electron chi connectivity index (χ1n) is 4.88. The second-order valence-electron chi connectivity index (χ2n) is 3.14. The molecule has 2 rings (SSSR count). The minimum absolute atomic E-state index is 0.182. The van der Waals surface area contributed by atoms with Crippen LogP contribution in [0.5, 0.6) is 0 Å². The van der Waals surface area contributed by atoms with Gasteiger partial charge in [0.15, 0.2) is 0 Å². The molecular formula is C12H12N2O. The Balaban J connectivity index is 2.56. The Labute approximate surface area is 88.2 Å². The third-order valence-corrected chi connectivity index (χ3v) is 2.17. The first-order valence-corrected chi connectivity index (χ1v) is 4.88. The minimum atomic E-state index is 0.182. The van der Waals surface area contributed by atoms with E-state index in [1.165, 1.54) is 0 Å². The predicted molar refractivity (Wildman–Crippen MR) is 60.2 cm³/mol. The van der Waals surface area contributed by atoms with Gasteiger partial charge < -0.3 is 4.74 Å². The zero-order valence-electron chi connectivity index (χ0n) is 8.53. The third-order valence-electron chi connectivity index (χ3n) is 2.17. The van der Waals surface area contributed by atoms with Crippen molar-refractivity contribution in [3.8, 4) is 0 Å². The number of nitrogens with zero attached hydrogens (tertiary/aromatic N) is 1. The highest BCUT2D eigenvalue weighted by molar-refractivity contribution is 6.03. The summed E-state index contributed by atoms with van der Waals surface area (Å²) in [6.07, 6.45) is 1.73. The average molecular weight is 200 g/mol. The summed E-state index contributed by atoms with van der Waals surface area (Å²) in [6.45, 7) is 2.37. The van der Waals surface area contributed by atoms with Gasteiger partial charge in [0.05, 0.1) is 17.7 Å². The lowest BCUT2D eigenvalue weighted by atomic mass is 10.1. The van der Waals surface area contributed by atoms with E-state index >= 15 is 0 Å². The van der Waals surface area contributed by atoms with Crippen molar-refractivity contribution < 1.29 is 4.74 Å². The third kappa shape index (κ3) is 1.81. The van der Waals surface area contributed by atoms with Crippen molar-refractivity contribution in [1.82, 2.24) is 4.98 Å². The fourth-order valence-electron chi connectivity index (χ4n) is 1.51. The molecule has 0 saturated carbocycles. The molecule has 0 aliphatic rings. The lowest BCUT2D eigenvalue weighted by Gasteiger charge is -2.07. The van der Waals surface area contributed by atoms with Gasteiger partial charge >= 0.3 is 0 Å². The molecule has 3 heteroatoms. The fourth-order valence-corrected chi connectivity index (χ4v) is 1.51. The van der Waals surface area contributed by atoms with E-state index in [9.17, 15) is 0 Å². The van der Waals surface area contributed by atoms with E-state index in [1.54, 1.807) is 6.20 Å². The zero-order chi connectivity index (χ0) is 10.7. The van der Waals surface area contributed by atoms with E-state index in [0.717, 1.165) is 16.5 Å². The molecule has 2 aromatic rings. The Hall–Kier alpha value is -1.90. The quantitative estimate of drug-likeness (QED) is 0.598. The molecule has 0 bridgehead atoms. The number of benzene rings is 1. The van der Waals surface area contributed by atoms with Gasteiger partial charge in [-0.3, -0.25) is 10.4 Å². The van der Waals surface area contributed by atoms with Crippen LogP contribution in [-0.2, 0) is 4.74 Å². The minimum Gasteiger partial charge on any atom is -0.478 e. The number of pyridine rings is 1. The second kappa shape index (κ2) is 4.09. The normalized spacial score (nSPS) is 10.2. The summed E-state index contributed by atoms with van der Waals surface area (Å²) in [4.78, 5) is 4.26. The van der Waals surface area contributed by atoms with E-state index in [-0.39, 0.29) is 5.90 Å². The molecule has 0 aliphatic heterocycles. The molecule has 1 heterocycles. The SMILES string of the molecule is CCOC(=N)c1cccc2cccnc12. The highest BCUT2D eigenvalue weighted by atomic mass is 16.5. The number of hydrogen-bond acceptors (Lipinski definition) is 3. The van der Waals surface area contributed by atoms with E-state index in [1.807, 2.05) is 37.3 Å². The van der Waals surface area contributed by atoms with Crippen LogP contribution in [0.4, 0.5) is 0 Å². The fraction of sp³-hybridized carbons (Fsp3) is 0.167. The van der Waals surface area contributed by atoms with Crippen LogP contribution in [0.15, 0.2) is 36.5 Å². The Morgan fingerprint density at radius 2 is 2.13 bits per heavy atom. The standard InChI is InChI=1S/C12H12N2O/c1-2-15-12(13)10-7-3-5-9-6-4-8-14-11(9)10/h3-8,13H,2H2,1H3. The molecule has 0 aliphatic carbocycles. The summed E-state index contributed by atoms with van der Waals surface area (Å²) in [5.41, 5.74) is 1.56. The number of aromatic nitrogens is 1. The van der Waals surface area contributed by atoms with Crippen LogP contribution in [0.25, 0.3) is 10.9 Å². The first kappa shape index (κ1) is 9.65. The molecule has 0 spiro atoms. The van der Waals surface area contributed by atoms with Crippen molar-refractivity contribution in [2.45, 2.75) is 6.92 Å². The van der Waals surface area contributed by atoms with Crippen molar-refractivity contribution in [2.75, 3.05) is 6.61 Å². The van der Waals surface area contributed by atoms with Crippen molar-refractivity contribution >= 4 is 16.8 Å². The smallest absolute Gasteiger partial charge is 0.215 e. The maximum atomic E-state index is 7.75. The predicted octanol–water partition coefficient (Wildman–Crippen LogP) is 2.60. The summed E-state index contributed by atoms with van der Waals surface area (Å²) >= 11 is 0. The van der Waals surface area contributed by atoms with Crippen LogP contribution in [0.2, 0.25) is 0 Å². The molecule has 1 aromatic carbocycles. The molecule has 15 heavy (non-hydrogen) atoms. The molecule has 76 valence electrons. The number of ether oxygens (including phenoxy) is 1. The maximum Gasteiger partial charge on any atom is 0.215 e. The highest BCUT2D eigenvalue weighted by Gasteiger charge is 2.07. The maximum absolute atomic E-state index is 7.75. The molecule has 1 N–H and O–H groups in total. The summed E-state index contributed by atoms with van der Waals surface area (Å²) in [6, 6.07) is 9.60. The van der Waals surface area contributed by atoms with Gasteiger partial charge in [0.1, 0.15) is 0 Å². The molecule has 0 radical (unpaired) electrons. The van der Waals surface area contributed by atoms with Crippen molar-refractivity contribution in [3.63, 3.8) is 0 Å². The number of nitrogens with one attached hydrogen (secondary N) is 1. The molecule has 0 atom stereocenters. The Morgan fingerprint density at radius 3 is 2.93 bits per heavy atom. The van der Waals surface area contributed by atoms with Crippen LogP contribution < -0.4 is 0 Å². The number of rotatable bonds is 2. The van der Waals surface area contributed by atoms with Gasteiger partial charge in [-0.2, -0.15) is 0 Å². The van der Waals surface area contributed by atoms with Crippen LogP contribution in [0.3, 0.4) is 0 Å². The average Bonchev–Trinajstić information content (AvgIpc) is 2.28. The van der Waals surface area contributed by atoms with Crippen LogP contribution in [0.1, 0.15) is 12.5 Å². The van der Waals surface area contributed by atoms with Gasteiger partial charge in [0.25, 0.3) is 0 Å². The number of para-hydroxylation sites is 1. The Kier molecular flexibility index (Phi) is 2.63.